The maximum absolute atomic E-state index is 12.8. The monoisotopic (exact) mass is 366 g/mol. The molecule has 0 atom stereocenters. The summed E-state index contributed by atoms with van der Waals surface area (Å²) >= 11 is 0. The molecule has 0 aromatic carbocycles. The van der Waals surface area contributed by atoms with Gasteiger partial charge >= 0.3 is 12.1 Å². The molecule has 0 unspecified atom stereocenters. The molecule has 3 fully saturated rings. The van der Waals surface area contributed by atoms with Gasteiger partial charge in [0.15, 0.2) is 0 Å². The van der Waals surface area contributed by atoms with Gasteiger partial charge in [0.2, 0.25) is 5.91 Å². The molecule has 26 heavy (non-hydrogen) atoms. The Morgan fingerprint density at radius 3 is 1.88 bits per heavy atom. The maximum atomic E-state index is 12.8. The van der Waals surface area contributed by atoms with Crippen LogP contribution < -0.4 is 0 Å². The fraction of sp³-hybridized carbons (Fsp3) is 0.833. The Hall–Kier alpha value is -1.99. The van der Waals surface area contributed by atoms with Gasteiger partial charge in [-0.25, -0.2) is 9.59 Å². The standard InChI is InChI=1S/C18H30N4O4/c1-2-26-18(25)22-13-11-19(12-14-22)16(23)15-5-9-21(10-6-15)17(24)20-7-3-4-8-20/h15H,2-14H2,1H3. The lowest BCUT2D eigenvalue weighted by Crippen LogP contribution is -2.53. The van der Waals surface area contributed by atoms with Crippen molar-refractivity contribution in [2.24, 2.45) is 5.92 Å². The largest absolute Gasteiger partial charge is 0.450 e. The molecule has 8 nitrogen and oxygen atoms in total. The molecule has 0 spiro atoms. The van der Waals surface area contributed by atoms with Crippen molar-refractivity contribution in [3.63, 3.8) is 0 Å². The van der Waals surface area contributed by atoms with Gasteiger partial charge in [0.25, 0.3) is 0 Å². The van der Waals surface area contributed by atoms with Crippen LogP contribution in [0.5, 0.6) is 0 Å². The second kappa shape index (κ2) is 8.60. The Kier molecular flexibility index (Phi) is 6.21. The summed E-state index contributed by atoms with van der Waals surface area (Å²) in [6.45, 7) is 7.38. The smallest absolute Gasteiger partial charge is 0.409 e. The minimum absolute atomic E-state index is 0.00762. The number of ether oxygens (including phenoxy) is 1. The van der Waals surface area contributed by atoms with Crippen molar-refractivity contribution in [1.82, 2.24) is 19.6 Å². The first-order valence-corrected chi connectivity index (χ1v) is 9.84. The highest BCUT2D eigenvalue weighted by molar-refractivity contribution is 5.80. The molecule has 3 heterocycles. The van der Waals surface area contributed by atoms with Crippen LogP contribution >= 0.6 is 0 Å². The van der Waals surface area contributed by atoms with Crippen LogP contribution in [0.3, 0.4) is 0 Å². The highest BCUT2D eigenvalue weighted by Crippen LogP contribution is 2.22. The lowest BCUT2D eigenvalue weighted by atomic mass is 9.95. The van der Waals surface area contributed by atoms with Crippen LogP contribution in [0.4, 0.5) is 9.59 Å². The molecule has 3 rings (SSSR count). The van der Waals surface area contributed by atoms with Crippen molar-refractivity contribution in [2.45, 2.75) is 32.6 Å². The van der Waals surface area contributed by atoms with E-state index >= 15 is 0 Å². The Labute approximate surface area is 155 Å². The molecule has 146 valence electrons. The number of piperidine rings is 1. The third-order valence-electron chi connectivity index (χ3n) is 5.61. The average Bonchev–Trinajstić information content (AvgIpc) is 3.22. The second-order valence-electron chi connectivity index (χ2n) is 7.25. The normalized spacial score (nSPS) is 21.9. The van der Waals surface area contributed by atoms with Crippen molar-refractivity contribution in [3.8, 4) is 0 Å². The van der Waals surface area contributed by atoms with E-state index < -0.39 is 0 Å². The zero-order valence-corrected chi connectivity index (χ0v) is 15.7. The Bertz CT molecular complexity index is 519. The third-order valence-corrected chi connectivity index (χ3v) is 5.61. The quantitative estimate of drug-likeness (QED) is 0.736. The molecule has 4 amide bonds. The van der Waals surface area contributed by atoms with Crippen molar-refractivity contribution < 1.29 is 19.1 Å². The van der Waals surface area contributed by atoms with Gasteiger partial charge in [0.1, 0.15) is 0 Å². The van der Waals surface area contributed by atoms with Gasteiger partial charge in [0.05, 0.1) is 6.61 Å². The number of amides is 4. The van der Waals surface area contributed by atoms with Crippen molar-refractivity contribution >= 4 is 18.0 Å². The van der Waals surface area contributed by atoms with E-state index in [2.05, 4.69) is 0 Å². The number of piperazine rings is 1. The highest BCUT2D eigenvalue weighted by Gasteiger charge is 2.34. The van der Waals surface area contributed by atoms with Gasteiger partial charge in [-0.2, -0.15) is 0 Å². The number of rotatable bonds is 2. The summed E-state index contributed by atoms with van der Waals surface area (Å²) in [5.74, 6) is 0.161. The molecule has 0 aromatic heterocycles. The maximum Gasteiger partial charge on any atom is 0.409 e. The van der Waals surface area contributed by atoms with E-state index in [1.54, 1.807) is 11.8 Å². The molecule has 0 saturated carbocycles. The minimum atomic E-state index is -0.298. The average molecular weight is 366 g/mol. The lowest BCUT2D eigenvalue weighted by molar-refractivity contribution is -0.138. The number of carbonyl (C=O) groups excluding carboxylic acids is 3. The predicted octanol–water partition coefficient (Wildman–Crippen LogP) is 1.21. The van der Waals surface area contributed by atoms with E-state index in [-0.39, 0.29) is 23.9 Å². The highest BCUT2D eigenvalue weighted by atomic mass is 16.6. The zero-order chi connectivity index (χ0) is 18.5. The predicted molar refractivity (Wildman–Crippen MR) is 95.7 cm³/mol. The number of urea groups is 1. The van der Waals surface area contributed by atoms with E-state index in [4.69, 9.17) is 4.74 Å². The fourth-order valence-corrected chi connectivity index (χ4v) is 4.01. The first kappa shape index (κ1) is 18.8. The van der Waals surface area contributed by atoms with E-state index in [9.17, 15) is 14.4 Å². The summed E-state index contributed by atoms with van der Waals surface area (Å²) < 4.78 is 5.01. The Morgan fingerprint density at radius 1 is 0.769 bits per heavy atom. The molecule has 0 N–H and O–H groups in total. The van der Waals surface area contributed by atoms with Gasteiger partial charge in [-0.05, 0) is 32.6 Å². The number of likely N-dealkylation sites (tertiary alicyclic amines) is 2. The molecular weight excluding hydrogens is 336 g/mol. The van der Waals surface area contributed by atoms with Gasteiger partial charge in [0, 0.05) is 58.3 Å². The number of hydrogen-bond donors (Lipinski definition) is 0. The zero-order valence-electron chi connectivity index (χ0n) is 15.7. The first-order chi connectivity index (χ1) is 12.6. The molecule has 3 aliphatic heterocycles. The lowest BCUT2D eigenvalue weighted by Gasteiger charge is -2.38. The van der Waals surface area contributed by atoms with Crippen LogP contribution in [0.2, 0.25) is 0 Å². The molecule has 0 radical (unpaired) electrons. The van der Waals surface area contributed by atoms with E-state index in [0.29, 0.717) is 45.9 Å². The molecule has 0 aliphatic carbocycles. The van der Waals surface area contributed by atoms with E-state index in [1.807, 2.05) is 14.7 Å². The van der Waals surface area contributed by atoms with Gasteiger partial charge in [-0.1, -0.05) is 0 Å². The fourth-order valence-electron chi connectivity index (χ4n) is 4.01. The van der Waals surface area contributed by atoms with Gasteiger partial charge in [-0.15, -0.1) is 0 Å². The SMILES string of the molecule is CCOC(=O)N1CCN(C(=O)C2CCN(C(=O)N3CCCC3)CC2)CC1. The number of hydrogen-bond acceptors (Lipinski definition) is 4. The summed E-state index contributed by atoms with van der Waals surface area (Å²) in [5, 5.41) is 0. The van der Waals surface area contributed by atoms with Crippen molar-refractivity contribution in [2.75, 3.05) is 59.0 Å². The van der Waals surface area contributed by atoms with Crippen LogP contribution in [-0.2, 0) is 9.53 Å². The molecule has 3 saturated heterocycles. The summed E-state index contributed by atoms with van der Waals surface area (Å²) in [7, 11) is 0. The first-order valence-electron chi connectivity index (χ1n) is 9.84. The van der Waals surface area contributed by atoms with Crippen molar-refractivity contribution in [1.29, 1.82) is 0 Å². The summed E-state index contributed by atoms with van der Waals surface area (Å²) in [4.78, 5) is 44.3. The number of carbonyl (C=O) groups is 3. The molecule has 0 aromatic rings. The topological polar surface area (TPSA) is 73.4 Å². The van der Waals surface area contributed by atoms with Crippen LogP contribution in [-0.4, -0.2) is 96.6 Å². The van der Waals surface area contributed by atoms with Crippen molar-refractivity contribution in [3.05, 3.63) is 0 Å². The molecule has 8 heteroatoms. The number of nitrogens with zero attached hydrogens (tertiary/aromatic N) is 4. The van der Waals surface area contributed by atoms with E-state index in [0.717, 1.165) is 38.8 Å². The van der Waals surface area contributed by atoms with Crippen LogP contribution in [0.15, 0.2) is 0 Å². The molecule has 3 aliphatic rings. The minimum Gasteiger partial charge on any atom is -0.450 e. The van der Waals surface area contributed by atoms with Gasteiger partial charge < -0.3 is 24.3 Å². The van der Waals surface area contributed by atoms with Crippen LogP contribution in [0.1, 0.15) is 32.6 Å². The van der Waals surface area contributed by atoms with Crippen LogP contribution in [0, 0.1) is 5.92 Å². The summed E-state index contributed by atoms with van der Waals surface area (Å²) in [6, 6.07) is 0.136. The third kappa shape index (κ3) is 4.22. The molecule has 0 bridgehead atoms. The van der Waals surface area contributed by atoms with E-state index in [1.165, 1.54) is 0 Å². The second-order valence-corrected chi connectivity index (χ2v) is 7.25. The Balaban J connectivity index is 1.42. The summed E-state index contributed by atoms with van der Waals surface area (Å²) in [6.07, 6.45) is 3.36. The van der Waals surface area contributed by atoms with Gasteiger partial charge in [-0.3, -0.25) is 4.79 Å². The van der Waals surface area contributed by atoms with Crippen LogP contribution in [0.25, 0.3) is 0 Å². The summed E-state index contributed by atoms with van der Waals surface area (Å²) in [5.41, 5.74) is 0. The Morgan fingerprint density at radius 2 is 1.31 bits per heavy atom. The molecular formula is C18H30N4O4.